The largest absolute Gasteiger partial charge is 0.481 e. The molecule has 0 radical (unpaired) electrons. The van der Waals surface area contributed by atoms with Gasteiger partial charge in [-0.1, -0.05) is 6.08 Å². The van der Waals surface area contributed by atoms with Gasteiger partial charge in [0, 0.05) is 19.5 Å². The summed E-state index contributed by atoms with van der Waals surface area (Å²) in [5.74, 6) is -0.316. The Morgan fingerprint density at radius 3 is 2.59 bits per heavy atom. The monoisotopic (exact) mass is 237 g/mol. The van der Waals surface area contributed by atoms with Gasteiger partial charge in [0.15, 0.2) is 0 Å². The Kier molecular flexibility index (Phi) is 3.50. The van der Waals surface area contributed by atoms with Crippen molar-refractivity contribution >= 4 is 11.9 Å². The van der Waals surface area contributed by atoms with E-state index < -0.39 is 5.97 Å². The van der Waals surface area contributed by atoms with Gasteiger partial charge in [0.2, 0.25) is 5.91 Å². The number of carboxylic acids is 1. The third kappa shape index (κ3) is 2.68. The van der Waals surface area contributed by atoms with Crippen LogP contribution in [0.3, 0.4) is 0 Å². The fraction of sp³-hybridized carbons (Fsp3) is 0.692. The topological polar surface area (TPSA) is 57.6 Å². The Hall–Kier alpha value is -1.32. The van der Waals surface area contributed by atoms with Crippen molar-refractivity contribution in [1.29, 1.82) is 0 Å². The van der Waals surface area contributed by atoms with E-state index in [1.807, 2.05) is 0 Å². The van der Waals surface area contributed by atoms with Crippen molar-refractivity contribution in [2.24, 2.45) is 17.8 Å². The molecule has 1 aliphatic heterocycles. The van der Waals surface area contributed by atoms with Crippen LogP contribution < -0.4 is 0 Å². The molecule has 0 bridgehead atoms. The maximum absolute atomic E-state index is 11.8. The summed E-state index contributed by atoms with van der Waals surface area (Å²) in [6.07, 6.45) is 5.10. The van der Waals surface area contributed by atoms with Gasteiger partial charge in [-0.15, -0.1) is 6.58 Å². The highest BCUT2D eigenvalue weighted by Gasteiger charge is 2.46. The molecule has 2 fully saturated rings. The molecular formula is C13H19NO3. The minimum Gasteiger partial charge on any atom is -0.481 e. The lowest BCUT2D eigenvalue weighted by Gasteiger charge is -2.15. The van der Waals surface area contributed by atoms with Crippen molar-refractivity contribution in [3.05, 3.63) is 12.7 Å². The standard InChI is InChI=1S/C13H19NO3/c1-2-3-4-12(15)14-7-10(9-5-6-9)11(8-14)13(16)17/h2,9-11H,1,3-8H2,(H,16,17)/t10-,11+/m1/s1. The number of allylic oxidation sites excluding steroid dienone is 1. The second kappa shape index (κ2) is 4.90. The summed E-state index contributed by atoms with van der Waals surface area (Å²) in [4.78, 5) is 24.7. The first kappa shape index (κ1) is 12.1. The van der Waals surface area contributed by atoms with Gasteiger partial charge < -0.3 is 10.0 Å². The van der Waals surface area contributed by atoms with E-state index in [1.54, 1.807) is 11.0 Å². The van der Waals surface area contributed by atoms with Crippen LogP contribution in [0.2, 0.25) is 0 Å². The number of hydrogen-bond donors (Lipinski definition) is 1. The molecule has 4 nitrogen and oxygen atoms in total. The molecule has 0 aromatic rings. The smallest absolute Gasteiger partial charge is 0.308 e. The van der Waals surface area contributed by atoms with Crippen LogP contribution in [0.5, 0.6) is 0 Å². The quantitative estimate of drug-likeness (QED) is 0.738. The minimum absolute atomic E-state index is 0.0688. The number of carbonyl (C=O) groups is 2. The van der Waals surface area contributed by atoms with E-state index in [9.17, 15) is 14.7 Å². The lowest BCUT2D eigenvalue weighted by atomic mass is 9.92. The Balaban J connectivity index is 1.95. The molecule has 1 amide bonds. The van der Waals surface area contributed by atoms with Crippen LogP contribution in [0.15, 0.2) is 12.7 Å². The van der Waals surface area contributed by atoms with E-state index in [4.69, 9.17) is 0 Å². The number of carbonyl (C=O) groups excluding carboxylic acids is 1. The minimum atomic E-state index is -0.749. The summed E-state index contributed by atoms with van der Waals surface area (Å²) in [7, 11) is 0. The van der Waals surface area contributed by atoms with Gasteiger partial charge in [-0.25, -0.2) is 0 Å². The average Bonchev–Trinajstić information content (AvgIpc) is 3.04. The van der Waals surface area contributed by atoms with Gasteiger partial charge in [0.05, 0.1) is 5.92 Å². The molecule has 1 aliphatic carbocycles. The predicted octanol–water partition coefficient (Wildman–Crippen LogP) is 1.52. The SMILES string of the molecule is C=CCCC(=O)N1C[C@H](C(=O)O)[C@@H](C2CC2)C1. The molecule has 2 atom stereocenters. The highest BCUT2D eigenvalue weighted by atomic mass is 16.4. The van der Waals surface area contributed by atoms with E-state index in [2.05, 4.69) is 6.58 Å². The fourth-order valence-corrected chi connectivity index (χ4v) is 2.68. The zero-order chi connectivity index (χ0) is 12.4. The second-order valence-electron chi connectivity index (χ2n) is 5.07. The highest BCUT2D eigenvalue weighted by molar-refractivity contribution is 5.79. The summed E-state index contributed by atoms with van der Waals surface area (Å²) >= 11 is 0. The predicted molar refractivity (Wildman–Crippen MR) is 63.4 cm³/mol. The highest BCUT2D eigenvalue weighted by Crippen LogP contribution is 2.44. The van der Waals surface area contributed by atoms with Crippen molar-refractivity contribution in [3.63, 3.8) is 0 Å². The zero-order valence-electron chi connectivity index (χ0n) is 9.97. The lowest BCUT2D eigenvalue weighted by molar-refractivity contribution is -0.142. The van der Waals surface area contributed by atoms with E-state index in [1.165, 1.54) is 0 Å². The molecule has 1 saturated carbocycles. The molecule has 2 rings (SSSR count). The number of rotatable bonds is 5. The Morgan fingerprint density at radius 2 is 2.06 bits per heavy atom. The van der Waals surface area contributed by atoms with Crippen LogP contribution in [-0.2, 0) is 9.59 Å². The number of carboxylic acid groups (broad SMARTS) is 1. The number of amides is 1. The number of nitrogens with zero attached hydrogens (tertiary/aromatic N) is 1. The van der Waals surface area contributed by atoms with Gasteiger partial charge in [-0.05, 0) is 31.1 Å². The second-order valence-corrected chi connectivity index (χ2v) is 5.07. The van der Waals surface area contributed by atoms with Gasteiger partial charge >= 0.3 is 5.97 Å². The molecule has 0 aromatic carbocycles. The first-order valence-electron chi connectivity index (χ1n) is 6.25. The maximum atomic E-state index is 11.8. The van der Waals surface area contributed by atoms with Gasteiger partial charge in [-0.2, -0.15) is 0 Å². The fourth-order valence-electron chi connectivity index (χ4n) is 2.68. The third-order valence-electron chi connectivity index (χ3n) is 3.82. The van der Waals surface area contributed by atoms with Crippen molar-refractivity contribution in [2.45, 2.75) is 25.7 Å². The third-order valence-corrected chi connectivity index (χ3v) is 3.82. The maximum Gasteiger partial charge on any atom is 0.308 e. The van der Waals surface area contributed by atoms with Gasteiger partial charge in [0.1, 0.15) is 0 Å². The number of likely N-dealkylation sites (tertiary alicyclic amines) is 1. The summed E-state index contributed by atoms with van der Waals surface area (Å²) in [5.41, 5.74) is 0. The van der Waals surface area contributed by atoms with E-state index in [0.717, 1.165) is 12.8 Å². The first-order valence-corrected chi connectivity index (χ1v) is 6.25. The molecule has 0 unspecified atom stereocenters. The summed E-state index contributed by atoms with van der Waals surface area (Å²) in [6, 6.07) is 0. The van der Waals surface area contributed by atoms with Crippen molar-refractivity contribution in [1.82, 2.24) is 4.90 Å². The molecular weight excluding hydrogens is 218 g/mol. The van der Waals surface area contributed by atoms with Crippen molar-refractivity contribution < 1.29 is 14.7 Å². The average molecular weight is 237 g/mol. The normalized spacial score (nSPS) is 28.1. The van der Waals surface area contributed by atoms with Gasteiger partial charge in [0.25, 0.3) is 0 Å². The van der Waals surface area contributed by atoms with E-state index in [0.29, 0.717) is 31.8 Å². The molecule has 1 saturated heterocycles. The number of aliphatic carboxylic acids is 1. The molecule has 1 N–H and O–H groups in total. The molecule has 0 aromatic heterocycles. The van der Waals surface area contributed by atoms with Crippen LogP contribution in [0.4, 0.5) is 0 Å². The van der Waals surface area contributed by atoms with E-state index in [-0.39, 0.29) is 17.7 Å². The number of hydrogen-bond acceptors (Lipinski definition) is 2. The Morgan fingerprint density at radius 1 is 1.35 bits per heavy atom. The molecule has 2 aliphatic rings. The summed E-state index contributed by atoms with van der Waals surface area (Å²) in [6.45, 7) is 4.62. The summed E-state index contributed by atoms with van der Waals surface area (Å²) < 4.78 is 0. The molecule has 1 heterocycles. The van der Waals surface area contributed by atoms with Crippen LogP contribution >= 0.6 is 0 Å². The Bertz CT molecular complexity index is 336. The lowest BCUT2D eigenvalue weighted by Crippen LogP contribution is -2.29. The van der Waals surface area contributed by atoms with Crippen LogP contribution in [-0.4, -0.2) is 35.0 Å². The van der Waals surface area contributed by atoms with Crippen molar-refractivity contribution in [3.8, 4) is 0 Å². The van der Waals surface area contributed by atoms with Crippen LogP contribution in [0.25, 0.3) is 0 Å². The zero-order valence-corrected chi connectivity index (χ0v) is 9.97. The van der Waals surface area contributed by atoms with Gasteiger partial charge in [-0.3, -0.25) is 9.59 Å². The first-order chi connectivity index (χ1) is 8.13. The molecule has 4 heteroatoms. The molecule has 94 valence electrons. The molecule has 0 spiro atoms. The van der Waals surface area contributed by atoms with E-state index >= 15 is 0 Å². The Labute approximate surface area is 101 Å². The van der Waals surface area contributed by atoms with Crippen LogP contribution in [0.1, 0.15) is 25.7 Å². The molecule has 17 heavy (non-hydrogen) atoms. The van der Waals surface area contributed by atoms with Crippen molar-refractivity contribution in [2.75, 3.05) is 13.1 Å². The summed E-state index contributed by atoms with van der Waals surface area (Å²) in [5, 5.41) is 9.18. The van der Waals surface area contributed by atoms with Crippen LogP contribution in [0, 0.1) is 17.8 Å².